The van der Waals surface area contributed by atoms with Crippen LogP contribution in [0.2, 0.25) is 0 Å². The van der Waals surface area contributed by atoms with Crippen LogP contribution in [0.5, 0.6) is 11.5 Å². The number of nitrogens with one attached hydrogen (secondary N) is 2. The largest absolute Gasteiger partial charge is 0.497 e. The molecule has 2 heterocycles. The van der Waals surface area contributed by atoms with Gasteiger partial charge in [0, 0.05) is 24.5 Å². The Labute approximate surface area is 177 Å². The lowest BCUT2D eigenvalue weighted by atomic mass is 10.0. The van der Waals surface area contributed by atoms with Crippen molar-refractivity contribution >= 4 is 16.8 Å². The van der Waals surface area contributed by atoms with Gasteiger partial charge in [-0.05, 0) is 49.2 Å². The van der Waals surface area contributed by atoms with E-state index in [0.717, 1.165) is 36.1 Å². The topological polar surface area (TPSA) is 66.6 Å². The van der Waals surface area contributed by atoms with Gasteiger partial charge in [0.25, 0.3) is 5.91 Å². The number of H-pyrrole nitrogens is 1. The minimum atomic E-state index is -0.139. The van der Waals surface area contributed by atoms with E-state index in [1.165, 1.54) is 24.8 Å². The molecule has 30 heavy (non-hydrogen) atoms. The van der Waals surface area contributed by atoms with Crippen molar-refractivity contribution in [2.24, 2.45) is 0 Å². The van der Waals surface area contributed by atoms with E-state index in [1.807, 2.05) is 18.2 Å². The molecular weight excluding hydrogens is 378 g/mol. The van der Waals surface area contributed by atoms with Gasteiger partial charge in [-0.1, -0.05) is 30.7 Å². The average molecular weight is 408 g/mol. The summed E-state index contributed by atoms with van der Waals surface area (Å²) >= 11 is 0. The van der Waals surface area contributed by atoms with Crippen molar-refractivity contribution in [2.75, 3.05) is 27.3 Å². The van der Waals surface area contributed by atoms with Gasteiger partial charge in [0.05, 0.1) is 19.7 Å². The lowest BCUT2D eigenvalue weighted by Gasteiger charge is -2.27. The maximum atomic E-state index is 12.8. The summed E-state index contributed by atoms with van der Waals surface area (Å²) in [4.78, 5) is 18.5. The Kier molecular flexibility index (Phi) is 6.23. The van der Waals surface area contributed by atoms with Crippen LogP contribution < -0.4 is 14.8 Å². The molecule has 0 spiro atoms. The number of rotatable bonds is 7. The molecule has 158 valence electrons. The summed E-state index contributed by atoms with van der Waals surface area (Å²) in [7, 11) is 3.22. The van der Waals surface area contributed by atoms with Gasteiger partial charge in [-0.2, -0.15) is 0 Å². The van der Waals surface area contributed by atoms with Crippen molar-refractivity contribution in [3.05, 3.63) is 59.3 Å². The minimum Gasteiger partial charge on any atom is -0.497 e. The molecule has 0 aliphatic carbocycles. The zero-order valence-electron chi connectivity index (χ0n) is 17.7. The van der Waals surface area contributed by atoms with E-state index in [9.17, 15) is 4.79 Å². The predicted octanol–water partition coefficient (Wildman–Crippen LogP) is 4.10. The molecule has 6 heteroatoms. The summed E-state index contributed by atoms with van der Waals surface area (Å²) in [6.45, 7) is 3.75. The first-order valence-electron chi connectivity index (χ1n) is 10.5. The number of ether oxygens (including phenoxy) is 2. The maximum absolute atomic E-state index is 12.8. The number of carbonyl (C=O) groups is 1. The van der Waals surface area contributed by atoms with E-state index < -0.39 is 0 Å². The Bertz CT molecular complexity index is 1020. The normalized spacial score (nSPS) is 14.6. The molecule has 1 aromatic heterocycles. The van der Waals surface area contributed by atoms with Gasteiger partial charge in [0.2, 0.25) is 0 Å². The number of aromatic nitrogens is 1. The second-order valence-electron chi connectivity index (χ2n) is 7.77. The van der Waals surface area contributed by atoms with Crippen LogP contribution >= 0.6 is 0 Å². The monoisotopic (exact) mass is 407 g/mol. The van der Waals surface area contributed by atoms with Crippen molar-refractivity contribution in [3.8, 4) is 11.5 Å². The van der Waals surface area contributed by atoms with Crippen molar-refractivity contribution in [1.82, 2.24) is 15.2 Å². The molecule has 1 aliphatic heterocycles. The number of aromatic amines is 1. The molecule has 3 aromatic rings. The lowest BCUT2D eigenvalue weighted by molar-refractivity contribution is 0.0946. The Morgan fingerprint density at radius 1 is 1.03 bits per heavy atom. The van der Waals surface area contributed by atoms with E-state index in [2.05, 4.69) is 33.4 Å². The highest BCUT2D eigenvalue weighted by Gasteiger charge is 2.15. The van der Waals surface area contributed by atoms with Crippen LogP contribution in [0.4, 0.5) is 0 Å². The fourth-order valence-electron chi connectivity index (χ4n) is 4.10. The maximum Gasteiger partial charge on any atom is 0.267 e. The Morgan fingerprint density at radius 2 is 1.80 bits per heavy atom. The number of hydrogen-bond donors (Lipinski definition) is 2. The molecule has 0 saturated carbocycles. The van der Waals surface area contributed by atoms with E-state index in [1.54, 1.807) is 20.3 Å². The first kappa shape index (κ1) is 20.3. The van der Waals surface area contributed by atoms with Crippen molar-refractivity contribution in [2.45, 2.75) is 32.4 Å². The second kappa shape index (κ2) is 9.22. The number of carbonyl (C=O) groups excluding carboxylic acids is 1. The highest BCUT2D eigenvalue weighted by atomic mass is 16.5. The highest BCUT2D eigenvalue weighted by molar-refractivity contribution is 5.99. The molecule has 1 amide bonds. The molecule has 6 nitrogen and oxygen atoms in total. The van der Waals surface area contributed by atoms with Gasteiger partial charge in [0.15, 0.2) is 0 Å². The number of hydrogen-bond acceptors (Lipinski definition) is 4. The Hall–Kier alpha value is -2.99. The van der Waals surface area contributed by atoms with Crippen LogP contribution in [0.1, 0.15) is 40.9 Å². The number of piperidine rings is 1. The van der Waals surface area contributed by atoms with Crippen LogP contribution in [-0.2, 0) is 13.1 Å². The van der Waals surface area contributed by atoms with Crippen molar-refractivity contribution in [3.63, 3.8) is 0 Å². The molecule has 1 saturated heterocycles. The predicted molar refractivity (Wildman–Crippen MR) is 118 cm³/mol. The van der Waals surface area contributed by atoms with Gasteiger partial charge in [-0.25, -0.2) is 0 Å². The summed E-state index contributed by atoms with van der Waals surface area (Å²) < 4.78 is 10.7. The van der Waals surface area contributed by atoms with E-state index >= 15 is 0 Å². The quantitative estimate of drug-likeness (QED) is 0.619. The zero-order chi connectivity index (χ0) is 20.9. The van der Waals surface area contributed by atoms with Gasteiger partial charge in [-0.15, -0.1) is 0 Å². The SMILES string of the molecule is COc1cc(OC)c2[nH]c(C(=O)NCc3ccccc3CN3CCCCC3)cc2c1. The fraction of sp³-hybridized carbons (Fsp3) is 0.375. The molecule has 2 aromatic carbocycles. The van der Waals surface area contributed by atoms with E-state index in [4.69, 9.17) is 9.47 Å². The number of benzene rings is 2. The lowest BCUT2D eigenvalue weighted by Crippen LogP contribution is -2.30. The van der Waals surface area contributed by atoms with Crippen LogP contribution in [-0.4, -0.2) is 43.1 Å². The summed E-state index contributed by atoms with van der Waals surface area (Å²) in [5.74, 6) is 1.20. The fourth-order valence-corrected chi connectivity index (χ4v) is 4.10. The van der Waals surface area contributed by atoms with Crippen molar-refractivity contribution < 1.29 is 14.3 Å². The molecule has 1 aliphatic rings. The first-order chi connectivity index (χ1) is 14.7. The molecule has 1 fully saturated rings. The number of fused-ring (bicyclic) bond motifs is 1. The molecular formula is C24H29N3O3. The molecule has 2 N–H and O–H groups in total. The zero-order valence-corrected chi connectivity index (χ0v) is 17.7. The van der Waals surface area contributed by atoms with Crippen LogP contribution in [0.25, 0.3) is 10.9 Å². The van der Waals surface area contributed by atoms with E-state index in [0.29, 0.717) is 23.7 Å². The average Bonchev–Trinajstić information content (AvgIpc) is 3.22. The van der Waals surface area contributed by atoms with Gasteiger partial charge >= 0.3 is 0 Å². The molecule has 0 bridgehead atoms. The third-order valence-electron chi connectivity index (χ3n) is 5.77. The van der Waals surface area contributed by atoms with Crippen LogP contribution in [0, 0.1) is 0 Å². The van der Waals surface area contributed by atoms with E-state index in [-0.39, 0.29) is 5.91 Å². The van der Waals surface area contributed by atoms with Crippen molar-refractivity contribution in [1.29, 1.82) is 0 Å². The minimum absolute atomic E-state index is 0.139. The summed E-state index contributed by atoms with van der Waals surface area (Å²) in [5, 5.41) is 3.94. The van der Waals surface area contributed by atoms with Crippen LogP contribution in [0.15, 0.2) is 42.5 Å². The van der Waals surface area contributed by atoms with Crippen LogP contribution in [0.3, 0.4) is 0 Å². The number of amides is 1. The molecule has 0 unspecified atom stereocenters. The van der Waals surface area contributed by atoms with Gasteiger partial charge < -0.3 is 19.8 Å². The summed E-state index contributed by atoms with van der Waals surface area (Å²) in [5.41, 5.74) is 3.73. The number of methoxy groups -OCH3 is 2. The van der Waals surface area contributed by atoms with Gasteiger partial charge in [-0.3, -0.25) is 9.69 Å². The third kappa shape index (κ3) is 4.44. The molecule has 0 atom stereocenters. The Morgan fingerprint density at radius 3 is 2.53 bits per heavy atom. The van der Waals surface area contributed by atoms with Gasteiger partial charge in [0.1, 0.15) is 17.2 Å². The summed E-state index contributed by atoms with van der Waals surface area (Å²) in [6, 6.07) is 13.9. The smallest absolute Gasteiger partial charge is 0.267 e. The molecule has 4 rings (SSSR count). The first-order valence-corrected chi connectivity index (χ1v) is 10.5. The second-order valence-corrected chi connectivity index (χ2v) is 7.77. The molecule has 0 radical (unpaired) electrons. The third-order valence-corrected chi connectivity index (χ3v) is 5.77. The highest BCUT2D eigenvalue weighted by Crippen LogP contribution is 2.31. The standard InChI is InChI=1S/C24H29N3O3/c1-29-20-12-19-13-21(26-23(19)22(14-20)30-2)24(28)25-15-17-8-4-5-9-18(17)16-27-10-6-3-7-11-27/h4-5,8-9,12-14,26H,3,6-7,10-11,15-16H2,1-2H3,(H,25,28). The summed E-state index contributed by atoms with van der Waals surface area (Å²) in [6.07, 6.45) is 3.87. The number of likely N-dealkylation sites (tertiary alicyclic amines) is 1. The Balaban J connectivity index is 1.47. The number of nitrogens with zero attached hydrogens (tertiary/aromatic N) is 1.